The van der Waals surface area contributed by atoms with Crippen molar-refractivity contribution in [3.05, 3.63) is 48.5 Å². The zero-order valence-corrected chi connectivity index (χ0v) is 11.7. The van der Waals surface area contributed by atoms with E-state index >= 15 is 0 Å². The Morgan fingerprint density at radius 2 is 2.30 bits per heavy atom. The lowest BCUT2D eigenvalue weighted by Gasteiger charge is -2.09. The standard InChI is InChI=1S/C16H21N3O/c1-3-14(12-18-15-5-6-15)11-16(4-1)20-10-2-8-19-9-7-17-13-19/h1,3-4,7,9,11,13,15,18H,2,5-6,8,10,12H2. The van der Waals surface area contributed by atoms with Gasteiger partial charge < -0.3 is 14.6 Å². The average molecular weight is 271 g/mol. The van der Waals surface area contributed by atoms with Crippen LogP contribution in [0.1, 0.15) is 24.8 Å². The summed E-state index contributed by atoms with van der Waals surface area (Å²) >= 11 is 0. The summed E-state index contributed by atoms with van der Waals surface area (Å²) in [6.45, 7) is 2.62. The molecule has 1 aromatic heterocycles. The fraction of sp³-hybridized carbons (Fsp3) is 0.438. The van der Waals surface area contributed by atoms with E-state index in [9.17, 15) is 0 Å². The van der Waals surface area contributed by atoms with E-state index < -0.39 is 0 Å². The number of nitrogens with one attached hydrogen (secondary N) is 1. The number of ether oxygens (including phenoxy) is 1. The minimum atomic E-state index is 0.734. The summed E-state index contributed by atoms with van der Waals surface area (Å²) in [5.74, 6) is 0.964. The van der Waals surface area contributed by atoms with Crippen LogP contribution in [0.15, 0.2) is 43.0 Å². The van der Waals surface area contributed by atoms with Gasteiger partial charge in [0.15, 0.2) is 0 Å². The second-order valence-corrected chi connectivity index (χ2v) is 5.31. The predicted molar refractivity (Wildman–Crippen MR) is 78.6 cm³/mol. The maximum absolute atomic E-state index is 5.81. The molecular formula is C16H21N3O. The van der Waals surface area contributed by atoms with Gasteiger partial charge in [0, 0.05) is 31.5 Å². The first-order valence-electron chi connectivity index (χ1n) is 7.31. The van der Waals surface area contributed by atoms with E-state index in [1.165, 1.54) is 18.4 Å². The Balaban J connectivity index is 1.40. The van der Waals surface area contributed by atoms with E-state index in [0.717, 1.165) is 37.9 Å². The van der Waals surface area contributed by atoms with Gasteiger partial charge in [-0.3, -0.25) is 0 Å². The summed E-state index contributed by atoms with van der Waals surface area (Å²) < 4.78 is 7.87. The van der Waals surface area contributed by atoms with E-state index in [2.05, 4.69) is 33.1 Å². The fourth-order valence-corrected chi connectivity index (χ4v) is 2.15. The lowest BCUT2D eigenvalue weighted by molar-refractivity contribution is 0.301. The quantitative estimate of drug-likeness (QED) is 0.750. The van der Waals surface area contributed by atoms with E-state index in [1.54, 1.807) is 6.20 Å². The number of aryl methyl sites for hydroxylation is 1. The Morgan fingerprint density at radius 1 is 1.35 bits per heavy atom. The van der Waals surface area contributed by atoms with Crippen LogP contribution in [0.3, 0.4) is 0 Å². The summed E-state index contributed by atoms with van der Waals surface area (Å²) in [4.78, 5) is 4.03. The van der Waals surface area contributed by atoms with Crippen LogP contribution in [0.25, 0.3) is 0 Å². The maximum atomic E-state index is 5.81. The highest BCUT2D eigenvalue weighted by molar-refractivity contribution is 5.28. The molecule has 4 nitrogen and oxygen atoms in total. The normalized spacial score (nSPS) is 14.4. The van der Waals surface area contributed by atoms with Gasteiger partial charge in [0.05, 0.1) is 12.9 Å². The van der Waals surface area contributed by atoms with E-state index in [4.69, 9.17) is 4.74 Å². The molecule has 4 heteroatoms. The topological polar surface area (TPSA) is 39.1 Å². The highest BCUT2D eigenvalue weighted by Crippen LogP contribution is 2.20. The molecule has 0 spiro atoms. The van der Waals surface area contributed by atoms with E-state index in [1.807, 2.05) is 18.6 Å². The van der Waals surface area contributed by atoms with Gasteiger partial charge in [0.25, 0.3) is 0 Å². The molecule has 0 bridgehead atoms. The first-order chi connectivity index (χ1) is 9.90. The van der Waals surface area contributed by atoms with Gasteiger partial charge in [-0.2, -0.15) is 0 Å². The zero-order chi connectivity index (χ0) is 13.6. The summed E-state index contributed by atoms with van der Waals surface area (Å²) in [6, 6.07) is 9.11. The lowest BCUT2D eigenvalue weighted by atomic mass is 10.2. The molecule has 1 saturated carbocycles. The van der Waals surface area contributed by atoms with Crippen LogP contribution >= 0.6 is 0 Å². The molecule has 1 heterocycles. The third-order valence-electron chi connectivity index (χ3n) is 3.46. The lowest BCUT2D eigenvalue weighted by Crippen LogP contribution is -2.15. The number of imidazole rings is 1. The predicted octanol–water partition coefficient (Wildman–Crippen LogP) is 2.60. The molecule has 0 atom stereocenters. The zero-order valence-electron chi connectivity index (χ0n) is 11.7. The Bertz CT molecular complexity index is 520. The number of hydrogen-bond acceptors (Lipinski definition) is 3. The van der Waals surface area contributed by atoms with Crippen LogP contribution in [-0.2, 0) is 13.1 Å². The monoisotopic (exact) mass is 271 g/mol. The molecular weight excluding hydrogens is 250 g/mol. The first-order valence-corrected chi connectivity index (χ1v) is 7.31. The van der Waals surface area contributed by atoms with Crippen molar-refractivity contribution in [2.75, 3.05) is 6.61 Å². The van der Waals surface area contributed by atoms with Crippen LogP contribution in [0.4, 0.5) is 0 Å². The maximum Gasteiger partial charge on any atom is 0.119 e. The van der Waals surface area contributed by atoms with E-state index in [-0.39, 0.29) is 0 Å². The number of aromatic nitrogens is 2. The Morgan fingerprint density at radius 3 is 3.10 bits per heavy atom. The minimum absolute atomic E-state index is 0.734. The number of hydrogen-bond donors (Lipinski definition) is 1. The molecule has 1 N–H and O–H groups in total. The van der Waals surface area contributed by atoms with Crippen molar-refractivity contribution in [3.63, 3.8) is 0 Å². The van der Waals surface area contributed by atoms with Gasteiger partial charge in [-0.1, -0.05) is 12.1 Å². The molecule has 1 aromatic carbocycles. The molecule has 0 amide bonds. The van der Waals surface area contributed by atoms with Crippen LogP contribution < -0.4 is 10.1 Å². The Labute approximate surface area is 119 Å². The van der Waals surface area contributed by atoms with Crippen molar-refractivity contribution in [3.8, 4) is 5.75 Å². The Hall–Kier alpha value is -1.81. The third-order valence-corrected chi connectivity index (χ3v) is 3.46. The molecule has 1 aliphatic carbocycles. The average Bonchev–Trinajstić information content (AvgIpc) is 3.17. The number of nitrogens with zero attached hydrogens (tertiary/aromatic N) is 2. The van der Waals surface area contributed by atoms with Crippen molar-refractivity contribution >= 4 is 0 Å². The first kappa shape index (κ1) is 13.2. The second-order valence-electron chi connectivity index (χ2n) is 5.31. The van der Waals surface area contributed by atoms with Crippen molar-refractivity contribution in [1.29, 1.82) is 0 Å². The van der Waals surface area contributed by atoms with Gasteiger partial charge in [0.2, 0.25) is 0 Å². The number of rotatable bonds is 8. The molecule has 0 aliphatic heterocycles. The molecule has 3 rings (SSSR count). The molecule has 1 fully saturated rings. The molecule has 0 unspecified atom stereocenters. The van der Waals surface area contributed by atoms with Crippen LogP contribution in [0, 0.1) is 0 Å². The minimum Gasteiger partial charge on any atom is -0.494 e. The summed E-state index contributed by atoms with van der Waals surface area (Å²) in [5, 5.41) is 3.52. The third kappa shape index (κ3) is 4.10. The van der Waals surface area contributed by atoms with Gasteiger partial charge in [-0.05, 0) is 37.0 Å². The van der Waals surface area contributed by atoms with E-state index in [0.29, 0.717) is 0 Å². The highest BCUT2D eigenvalue weighted by Gasteiger charge is 2.19. The molecule has 0 radical (unpaired) electrons. The van der Waals surface area contributed by atoms with Gasteiger partial charge in [-0.15, -0.1) is 0 Å². The van der Waals surface area contributed by atoms with Gasteiger partial charge in [-0.25, -0.2) is 4.98 Å². The fourth-order valence-electron chi connectivity index (χ4n) is 2.15. The van der Waals surface area contributed by atoms with Gasteiger partial charge >= 0.3 is 0 Å². The molecule has 20 heavy (non-hydrogen) atoms. The highest BCUT2D eigenvalue weighted by atomic mass is 16.5. The van der Waals surface area contributed by atoms with Crippen molar-refractivity contribution < 1.29 is 4.74 Å². The van der Waals surface area contributed by atoms with Crippen LogP contribution in [0.2, 0.25) is 0 Å². The second kappa shape index (κ2) is 6.57. The molecule has 2 aromatic rings. The van der Waals surface area contributed by atoms with Crippen molar-refractivity contribution in [1.82, 2.24) is 14.9 Å². The SMILES string of the molecule is c1cc(CNC2CC2)cc(OCCCn2ccnc2)c1. The van der Waals surface area contributed by atoms with Crippen molar-refractivity contribution in [2.45, 2.75) is 38.4 Å². The molecule has 106 valence electrons. The summed E-state index contributed by atoms with van der Waals surface area (Å²) in [5.41, 5.74) is 1.30. The van der Waals surface area contributed by atoms with Crippen LogP contribution in [0.5, 0.6) is 5.75 Å². The Kier molecular flexibility index (Phi) is 4.33. The smallest absolute Gasteiger partial charge is 0.119 e. The molecule has 1 aliphatic rings. The van der Waals surface area contributed by atoms with Crippen molar-refractivity contribution in [2.24, 2.45) is 0 Å². The largest absolute Gasteiger partial charge is 0.494 e. The van der Waals surface area contributed by atoms with Gasteiger partial charge in [0.1, 0.15) is 5.75 Å². The number of benzene rings is 1. The molecule has 0 saturated heterocycles. The summed E-state index contributed by atoms with van der Waals surface area (Å²) in [7, 11) is 0. The van der Waals surface area contributed by atoms with Crippen LogP contribution in [-0.4, -0.2) is 22.2 Å². The summed E-state index contributed by atoms with van der Waals surface area (Å²) in [6.07, 6.45) is 9.25.